The highest BCUT2D eigenvalue weighted by Gasteiger charge is 2.15. The minimum absolute atomic E-state index is 0.583. The van der Waals surface area contributed by atoms with Crippen molar-refractivity contribution in [2.45, 2.75) is 60.0 Å². The summed E-state index contributed by atoms with van der Waals surface area (Å²) in [4.78, 5) is 13.9. The molecule has 1 aromatic rings. The van der Waals surface area contributed by atoms with Crippen LogP contribution in [0.25, 0.3) is 0 Å². The van der Waals surface area contributed by atoms with E-state index < -0.39 is 0 Å². The molecule has 0 unspecified atom stereocenters. The maximum absolute atomic E-state index is 9.54. The van der Waals surface area contributed by atoms with Crippen LogP contribution >= 0.6 is 0 Å². The smallest absolute Gasteiger partial charge is 0.233 e. The first-order valence-corrected chi connectivity index (χ1v) is 10.5. The van der Waals surface area contributed by atoms with Gasteiger partial charge in [-0.25, -0.2) is 5.06 Å². The minimum atomic E-state index is 0.583. The molecule has 1 fully saturated rings. The topological polar surface area (TPSA) is 74.0 Å². The van der Waals surface area contributed by atoms with Gasteiger partial charge in [-0.05, 0) is 61.4 Å². The van der Waals surface area contributed by atoms with Crippen molar-refractivity contribution >= 4 is 6.41 Å². The van der Waals surface area contributed by atoms with Crippen molar-refractivity contribution in [1.29, 1.82) is 0 Å². The number of amides is 1. The fourth-order valence-corrected chi connectivity index (χ4v) is 2.69. The van der Waals surface area contributed by atoms with Crippen LogP contribution in [0.4, 0.5) is 0 Å². The molecule has 1 amide bonds. The molecule has 0 radical (unpaired) electrons. The second kappa shape index (κ2) is 19.7. The number of hydrogen-bond acceptors (Lipinski definition) is 5. The summed E-state index contributed by atoms with van der Waals surface area (Å²) in [5.74, 6) is 2.70. The van der Waals surface area contributed by atoms with Crippen molar-refractivity contribution in [1.82, 2.24) is 5.06 Å². The monoisotopic (exact) mass is 412 g/mol. The zero-order chi connectivity index (χ0) is 22.7. The lowest BCUT2D eigenvalue weighted by atomic mass is 9.83. The summed E-state index contributed by atoms with van der Waals surface area (Å²) in [5, 5.41) is 1.07. The third-order valence-electron chi connectivity index (χ3n) is 4.76. The van der Waals surface area contributed by atoms with E-state index in [1.807, 2.05) is 32.0 Å². The second-order valence-electron chi connectivity index (χ2n) is 6.92. The normalized spacial score (nSPS) is 17.3. The van der Waals surface area contributed by atoms with Crippen molar-refractivity contribution in [2.75, 3.05) is 34.9 Å². The van der Waals surface area contributed by atoms with Crippen LogP contribution in [0.15, 0.2) is 18.2 Å². The maximum Gasteiger partial charge on any atom is 0.233 e. The van der Waals surface area contributed by atoms with E-state index in [0.717, 1.165) is 29.2 Å². The molecule has 29 heavy (non-hydrogen) atoms. The molecule has 1 saturated carbocycles. The first kappa shape index (κ1) is 29.6. The van der Waals surface area contributed by atoms with Crippen LogP contribution in [0.5, 0.6) is 5.75 Å². The number of methoxy groups -OCH3 is 2. The van der Waals surface area contributed by atoms with Crippen molar-refractivity contribution in [2.24, 2.45) is 17.6 Å². The first-order chi connectivity index (χ1) is 13.9. The lowest BCUT2D eigenvalue weighted by molar-refractivity contribution is -0.153. The van der Waals surface area contributed by atoms with Crippen LogP contribution < -0.4 is 10.5 Å². The molecule has 0 aliphatic heterocycles. The summed E-state index contributed by atoms with van der Waals surface area (Å²) in [7, 11) is 6.31. The SMILES string of the molecule is CC.CC1CCC(CN)CC1.COCc1cc(OC)ccc1C.CON(C)C=O. The highest BCUT2D eigenvalue weighted by Crippen LogP contribution is 2.27. The van der Waals surface area contributed by atoms with Crippen molar-refractivity contribution < 1.29 is 19.1 Å². The molecular weight excluding hydrogens is 368 g/mol. The number of benzene rings is 1. The van der Waals surface area contributed by atoms with Crippen LogP contribution in [0.3, 0.4) is 0 Å². The van der Waals surface area contributed by atoms with E-state index in [4.69, 9.17) is 15.2 Å². The van der Waals surface area contributed by atoms with Gasteiger partial charge in [0.2, 0.25) is 6.41 Å². The van der Waals surface area contributed by atoms with Gasteiger partial charge in [-0.1, -0.05) is 39.7 Å². The van der Waals surface area contributed by atoms with Crippen LogP contribution in [-0.4, -0.2) is 46.4 Å². The Labute approximate surface area is 178 Å². The van der Waals surface area contributed by atoms with Gasteiger partial charge in [-0.15, -0.1) is 0 Å². The van der Waals surface area contributed by atoms with Gasteiger partial charge in [0.05, 0.1) is 20.8 Å². The summed E-state index contributed by atoms with van der Waals surface area (Å²) in [6, 6.07) is 5.99. The molecule has 6 nitrogen and oxygen atoms in total. The third kappa shape index (κ3) is 14.9. The van der Waals surface area contributed by atoms with Crippen LogP contribution in [0.1, 0.15) is 57.6 Å². The molecule has 1 aliphatic carbocycles. The van der Waals surface area contributed by atoms with Crippen molar-refractivity contribution in [3.63, 3.8) is 0 Å². The zero-order valence-electron chi connectivity index (χ0n) is 19.9. The standard InChI is InChI=1S/C10H14O2.C8H17N.C3H7NO2.C2H6/c1-8-4-5-10(12-3)6-9(8)7-11-2;1-7-2-4-8(6-9)5-3-7;1-4(3-5)6-2;1-2/h4-6H,7H2,1-3H3;7-8H,2-6,9H2,1H3;3H,1-2H3;1-2H3. The van der Waals surface area contributed by atoms with E-state index >= 15 is 0 Å². The number of hydroxylamine groups is 2. The molecule has 2 rings (SSSR count). The summed E-state index contributed by atoms with van der Waals surface area (Å²) in [6.07, 6.45) is 6.14. The lowest BCUT2D eigenvalue weighted by Gasteiger charge is -2.24. The number of carbonyl (C=O) groups excluding carboxylic acids is 1. The summed E-state index contributed by atoms with van der Waals surface area (Å²) < 4.78 is 10.2. The van der Waals surface area contributed by atoms with Crippen LogP contribution in [-0.2, 0) is 21.0 Å². The fraction of sp³-hybridized carbons (Fsp3) is 0.696. The molecule has 6 heteroatoms. The predicted octanol–water partition coefficient (Wildman–Crippen LogP) is 4.58. The summed E-state index contributed by atoms with van der Waals surface area (Å²) in [6.45, 7) is 9.95. The number of nitrogens with two attached hydrogens (primary N) is 1. The number of ether oxygens (including phenoxy) is 2. The largest absolute Gasteiger partial charge is 0.497 e. The quantitative estimate of drug-likeness (QED) is 0.547. The van der Waals surface area contributed by atoms with Gasteiger partial charge < -0.3 is 15.2 Å². The molecule has 0 heterocycles. The van der Waals surface area contributed by atoms with Crippen LogP contribution in [0.2, 0.25) is 0 Å². The molecule has 1 aromatic carbocycles. The molecule has 0 aromatic heterocycles. The summed E-state index contributed by atoms with van der Waals surface area (Å²) in [5.41, 5.74) is 7.96. The first-order valence-electron chi connectivity index (χ1n) is 10.5. The Morgan fingerprint density at radius 2 is 1.72 bits per heavy atom. The van der Waals surface area contributed by atoms with Crippen molar-refractivity contribution in [3.05, 3.63) is 29.3 Å². The average Bonchev–Trinajstić information content (AvgIpc) is 2.77. The number of carbonyl (C=O) groups is 1. The van der Waals surface area contributed by atoms with E-state index in [1.165, 1.54) is 51.0 Å². The molecule has 0 saturated heterocycles. The number of nitrogens with zero attached hydrogens (tertiary/aromatic N) is 1. The lowest BCUT2D eigenvalue weighted by Crippen LogP contribution is -2.20. The zero-order valence-corrected chi connectivity index (χ0v) is 19.9. The second-order valence-corrected chi connectivity index (χ2v) is 6.92. The molecule has 0 atom stereocenters. The highest BCUT2D eigenvalue weighted by molar-refractivity contribution is 5.44. The van der Waals surface area contributed by atoms with E-state index in [2.05, 4.69) is 18.7 Å². The van der Waals surface area contributed by atoms with E-state index in [0.29, 0.717) is 13.0 Å². The molecular formula is C23H44N2O4. The van der Waals surface area contributed by atoms with Gasteiger partial charge in [0, 0.05) is 14.2 Å². The molecule has 0 bridgehead atoms. The van der Waals surface area contributed by atoms with Gasteiger partial charge in [-0.2, -0.15) is 0 Å². The molecule has 170 valence electrons. The number of hydrogen-bond donors (Lipinski definition) is 1. The fourth-order valence-electron chi connectivity index (χ4n) is 2.69. The van der Waals surface area contributed by atoms with Crippen molar-refractivity contribution in [3.8, 4) is 5.75 Å². The molecule has 2 N–H and O–H groups in total. The Kier molecular flexibility index (Phi) is 20.1. The molecule has 1 aliphatic rings. The van der Waals surface area contributed by atoms with E-state index in [9.17, 15) is 4.79 Å². The predicted molar refractivity (Wildman–Crippen MR) is 121 cm³/mol. The Morgan fingerprint density at radius 1 is 1.14 bits per heavy atom. The Balaban J connectivity index is 0. The Hall–Kier alpha value is -1.63. The average molecular weight is 413 g/mol. The van der Waals surface area contributed by atoms with E-state index in [1.54, 1.807) is 14.2 Å². The Morgan fingerprint density at radius 3 is 2.10 bits per heavy atom. The van der Waals surface area contributed by atoms with Gasteiger partial charge in [0.15, 0.2) is 0 Å². The van der Waals surface area contributed by atoms with Crippen LogP contribution in [0, 0.1) is 18.8 Å². The third-order valence-corrected chi connectivity index (χ3v) is 4.76. The number of aryl methyl sites for hydroxylation is 1. The minimum Gasteiger partial charge on any atom is -0.497 e. The maximum atomic E-state index is 9.54. The van der Waals surface area contributed by atoms with E-state index in [-0.39, 0.29) is 0 Å². The Bertz CT molecular complexity index is 504. The van der Waals surface area contributed by atoms with Gasteiger partial charge in [0.25, 0.3) is 0 Å². The molecule has 0 spiro atoms. The van der Waals surface area contributed by atoms with Gasteiger partial charge in [0.1, 0.15) is 5.75 Å². The summed E-state index contributed by atoms with van der Waals surface area (Å²) >= 11 is 0. The van der Waals surface area contributed by atoms with Gasteiger partial charge >= 0.3 is 0 Å². The highest BCUT2D eigenvalue weighted by atomic mass is 16.7. The van der Waals surface area contributed by atoms with Gasteiger partial charge in [-0.3, -0.25) is 9.63 Å². The number of rotatable bonds is 6.